The molecule has 0 bridgehead atoms. The second kappa shape index (κ2) is 51.6. The van der Waals surface area contributed by atoms with Crippen molar-refractivity contribution in [3.63, 3.8) is 0 Å². The van der Waals surface area contributed by atoms with E-state index in [1.807, 2.05) is 18.2 Å². The van der Waals surface area contributed by atoms with Gasteiger partial charge in [-0.1, -0.05) is 127 Å². The Hall–Kier alpha value is -14.2. The number of halogens is 12. The van der Waals surface area contributed by atoms with Crippen LogP contribution in [-0.4, -0.2) is 171 Å². The maximum atomic E-state index is 17.3. The summed E-state index contributed by atoms with van der Waals surface area (Å²) in [5.74, 6) is -16.9. The standard InChI is InChI=1S/C105H87F12N12O16PS3/c1-61(147-76-49-134-91(135-50-76)22-7-4-13-67-28-25-64(43-118)37-85(67)112)100(97(127-58-121-55-124-127)79-34-31-73(106)40-88(79)115)143-103(130)94-70(16-10-19-82(94)109)46-140-146(133,141-47-71-17-11-20-83(110)95(71)104(131)144-101(98(128-59-122-56-125-128)80-35-32-74(107)41-89(80)116)62(2)148-77-51-136-92(137-52-77)23-8-5-14-68-29-26-65(44-119)38-86(68)113)142-48-72-18-12-21-84(111)96(72)105(132)145-102(99(129-60-123-57-126-129)81-36-33-75(108)42-90(81)117)63(3)149-78-53-138-93(139-54-78)24-9-6-15-69-30-27-66(45-120)39-87(69)114/h4-42,55-63,76-78,91-93,97-102H,46-54H2,1-3H3/b13-4+,14-5+,15-6+,22-7+,23-8+,24-9+/t61-,62-,63-,76?,77?,78?,91?,92?,93?,97-,98-,99-,100+,101+,102+,146?/m1/s1. The number of nitrogens with zero attached hydrogens (tertiary/aromatic N) is 12. The van der Waals surface area contributed by atoms with Gasteiger partial charge in [-0.3, -0.25) is 13.6 Å². The van der Waals surface area contributed by atoms with Gasteiger partial charge >= 0.3 is 25.7 Å². The highest BCUT2D eigenvalue weighted by atomic mass is 32.2. The molecule has 3 saturated heterocycles. The van der Waals surface area contributed by atoms with Gasteiger partial charge in [0, 0.05) is 67.3 Å². The Labute approximate surface area is 857 Å². The number of hydrogen-bond acceptors (Lipinski definition) is 28. The van der Waals surface area contributed by atoms with Crippen LogP contribution in [-0.2, 0) is 80.6 Å². The number of hydrogen-bond donors (Lipinski definition) is 0. The molecule has 0 N–H and O–H groups in total. The lowest BCUT2D eigenvalue weighted by Gasteiger charge is -2.35. The van der Waals surface area contributed by atoms with Gasteiger partial charge in [-0.05, 0) is 128 Å². The van der Waals surface area contributed by atoms with E-state index in [0.29, 0.717) is 18.2 Å². The number of benzene rings is 9. The van der Waals surface area contributed by atoms with E-state index in [-0.39, 0.29) is 89.7 Å². The largest absolute Gasteiger partial charge is 0.475 e. The zero-order valence-corrected chi connectivity index (χ0v) is 82.0. The average molecular weight is 2130 g/mol. The van der Waals surface area contributed by atoms with Crippen molar-refractivity contribution in [2.75, 3.05) is 39.6 Å². The molecule has 3 aliphatic heterocycles. The third kappa shape index (κ3) is 28.5. The van der Waals surface area contributed by atoms with Crippen LogP contribution in [0.2, 0.25) is 0 Å². The van der Waals surface area contributed by atoms with Gasteiger partial charge < -0.3 is 42.6 Å². The summed E-state index contributed by atoms with van der Waals surface area (Å²) >= 11 is 3.30. The van der Waals surface area contributed by atoms with Crippen LogP contribution in [0, 0.1) is 104 Å². The van der Waals surface area contributed by atoms with E-state index in [1.165, 1.54) is 91.1 Å². The molecule has 770 valence electrons. The average Bonchev–Trinajstić information content (AvgIpc) is 1.78. The maximum Gasteiger partial charge on any atom is 0.475 e. The van der Waals surface area contributed by atoms with Gasteiger partial charge in [-0.15, -0.1) is 35.3 Å². The van der Waals surface area contributed by atoms with E-state index < -0.39 is 236 Å². The van der Waals surface area contributed by atoms with Crippen LogP contribution in [0.4, 0.5) is 52.7 Å². The lowest BCUT2D eigenvalue weighted by molar-refractivity contribution is -0.146. The van der Waals surface area contributed by atoms with Crippen molar-refractivity contribution in [2.24, 2.45) is 0 Å². The number of ether oxygens (including phenoxy) is 9. The fourth-order valence-electron chi connectivity index (χ4n) is 16.2. The minimum atomic E-state index is -5.76. The van der Waals surface area contributed by atoms with Gasteiger partial charge in [0.25, 0.3) is 0 Å². The molecule has 0 aliphatic carbocycles. The van der Waals surface area contributed by atoms with Gasteiger partial charge in [-0.25, -0.2) is 101 Å². The molecule has 12 aromatic rings. The third-order valence-electron chi connectivity index (χ3n) is 23.4. The molecule has 6 heterocycles. The fourth-order valence-corrected chi connectivity index (χ4v) is 21.1. The van der Waals surface area contributed by atoms with Crippen molar-refractivity contribution in [1.29, 1.82) is 15.8 Å². The molecule has 0 saturated carbocycles. The van der Waals surface area contributed by atoms with E-state index in [1.54, 1.807) is 39.0 Å². The summed E-state index contributed by atoms with van der Waals surface area (Å²) < 4.78 is 284. The fraction of sp³-hybridized carbons (Fsp3) is 0.257. The number of allylic oxidation sites excluding steroid dienone is 6. The predicted octanol–water partition coefficient (Wildman–Crippen LogP) is 20.6. The quantitative estimate of drug-likeness (QED) is 0.0113. The highest BCUT2D eigenvalue weighted by Gasteiger charge is 2.45. The third-order valence-corrected chi connectivity index (χ3v) is 28.8. The molecule has 0 unspecified atom stereocenters. The lowest BCUT2D eigenvalue weighted by Crippen LogP contribution is -2.41. The number of phosphoric acid groups is 1. The highest BCUT2D eigenvalue weighted by Crippen LogP contribution is 2.53. The summed E-state index contributed by atoms with van der Waals surface area (Å²) in [7, 11) is -5.76. The Morgan fingerprint density at radius 3 is 0.893 bits per heavy atom. The molecule has 0 spiro atoms. The Morgan fingerprint density at radius 2 is 0.651 bits per heavy atom. The summed E-state index contributed by atoms with van der Waals surface area (Å²) in [5, 5.41) is 35.4. The molecular weight excluding hydrogens is 2040 g/mol. The molecule has 28 nitrogen and oxygen atoms in total. The van der Waals surface area contributed by atoms with Crippen molar-refractivity contribution in [1.82, 2.24) is 44.3 Å². The van der Waals surface area contributed by atoms with E-state index in [2.05, 4.69) is 30.2 Å². The molecule has 15 rings (SSSR count). The molecule has 9 atom stereocenters. The van der Waals surface area contributed by atoms with Crippen LogP contribution in [0.25, 0.3) is 18.2 Å². The van der Waals surface area contributed by atoms with Crippen LogP contribution < -0.4 is 0 Å². The summed E-state index contributed by atoms with van der Waals surface area (Å²) in [4.78, 5) is 58.6. The monoisotopic (exact) mass is 2130 g/mol. The number of carbonyl (C=O) groups is 3. The SMILES string of the molecule is C[C@@H](SC1COC(/C=C/C=C/c2ccc(C#N)cc2F)OC1)[C@H](OC(=O)c1c(F)cccc1COP(=O)(OCc1cccc(F)c1C(=O)O[C@H]([C@@H](c1ccc(F)cc1F)n1cncn1)[C@@H](C)SC1COC(/C=C/C=C/c2ccc(C#N)cc2F)OC1)OCc1cccc(F)c1C(=O)O[C@H]([C@@H](c1ccc(F)cc1F)n1cncn1)[C@@H](C)SC1COC(/C=C/C=C/c2ccc(C#N)cc2F)OC1)[C@@H](c1ccc(F)cc1F)n1cncn1. The summed E-state index contributed by atoms with van der Waals surface area (Å²) in [5.41, 5.74) is -4.40. The summed E-state index contributed by atoms with van der Waals surface area (Å²) in [6.45, 7) is 0.739. The lowest BCUT2D eigenvalue weighted by atomic mass is 9.98. The minimum Gasteiger partial charge on any atom is -0.455 e. The molecule has 3 aromatic heterocycles. The molecule has 0 amide bonds. The molecule has 9 aromatic carbocycles. The van der Waals surface area contributed by atoms with E-state index in [9.17, 15) is 42.1 Å². The highest BCUT2D eigenvalue weighted by molar-refractivity contribution is 8.01. The zero-order chi connectivity index (χ0) is 105. The van der Waals surface area contributed by atoms with E-state index in [0.717, 1.165) is 196 Å². The first-order chi connectivity index (χ1) is 72.0. The van der Waals surface area contributed by atoms with Crippen molar-refractivity contribution in [2.45, 2.75) is 127 Å². The second-order valence-corrected chi connectivity index (χ2v) is 40.1. The van der Waals surface area contributed by atoms with Crippen LogP contribution in [0.15, 0.2) is 256 Å². The number of thioether (sulfide) groups is 3. The molecule has 0 radical (unpaired) electrons. The normalized spacial score (nSPS) is 18.9. The van der Waals surface area contributed by atoms with Crippen molar-refractivity contribution >= 4 is 79.2 Å². The number of nitriles is 3. The first kappa shape index (κ1) is 109. The Bertz CT molecular complexity index is 6470. The predicted molar refractivity (Wildman–Crippen MR) is 520 cm³/mol. The van der Waals surface area contributed by atoms with Gasteiger partial charge in [0.15, 0.2) is 18.9 Å². The summed E-state index contributed by atoms with van der Waals surface area (Å²) in [6.07, 6.45) is 17.0. The number of aromatic nitrogens is 9. The van der Waals surface area contributed by atoms with Crippen molar-refractivity contribution < 1.29 is 128 Å². The maximum absolute atomic E-state index is 17.3. The molecule has 149 heavy (non-hydrogen) atoms. The zero-order valence-electron chi connectivity index (χ0n) is 78.6. The van der Waals surface area contributed by atoms with Gasteiger partial charge in [0.05, 0.1) is 110 Å². The first-order valence-electron chi connectivity index (χ1n) is 45.6. The molecule has 3 fully saturated rings. The van der Waals surface area contributed by atoms with E-state index in [4.69, 9.17) is 56.2 Å². The Morgan fingerprint density at radius 1 is 0.376 bits per heavy atom. The number of phosphoric ester groups is 1. The van der Waals surface area contributed by atoms with Crippen LogP contribution in [0.3, 0.4) is 0 Å². The summed E-state index contributed by atoms with van der Waals surface area (Å²) in [6, 6.07) is 29.6. The topological polar surface area (TPSA) is 343 Å². The number of esters is 3. The number of rotatable bonds is 42. The molecule has 3 aliphatic rings. The van der Waals surface area contributed by atoms with Crippen LogP contribution in [0.5, 0.6) is 0 Å². The van der Waals surface area contributed by atoms with Gasteiger partial charge in [0.1, 0.15) is 161 Å². The second-order valence-electron chi connectivity index (χ2n) is 33.4. The number of carbonyl (C=O) groups excluding carboxylic acids is 3. The molecule has 44 heteroatoms. The van der Waals surface area contributed by atoms with Gasteiger partial charge in [0.2, 0.25) is 0 Å². The smallest absolute Gasteiger partial charge is 0.455 e. The first-order valence-corrected chi connectivity index (χ1v) is 49.9. The minimum absolute atomic E-state index is 0.0411. The van der Waals surface area contributed by atoms with Gasteiger partial charge in [-0.2, -0.15) is 31.1 Å². The Balaban J connectivity index is 0.736. The van der Waals surface area contributed by atoms with Crippen LogP contribution >= 0.6 is 43.1 Å². The van der Waals surface area contributed by atoms with E-state index >= 15 is 45.3 Å². The Kier molecular flexibility index (Phi) is 37.8. The van der Waals surface area contributed by atoms with Crippen molar-refractivity contribution in [3.8, 4) is 18.2 Å². The van der Waals surface area contributed by atoms with Crippen molar-refractivity contribution in [3.05, 3.63) is 410 Å². The molecular formula is C105H87F12N12O16PS3. The van der Waals surface area contributed by atoms with Crippen LogP contribution in [0.1, 0.15) is 137 Å².